The third-order valence-corrected chi connectivity index (χ3v) is 4.59. The molecule has 1 aromatic carbocycles. The fraction of sp³-hybridized carbons (Fsp3) is 0.133. The molecule has 22 heavy (non-hydrogen) atoms. The molecular formula is C15H10Cl2N2O2S. The number of esters is 1. The van der Waals surface area contributed by atoms with Crippen LogP contribution in [0.3, 0.4) is 0 Å². The molecule has 0 bridgehead atoms. The van der Waals surface area contributed by atoms with Gasteiger partial charge in [0, 0.05) is 20.3 Å². The lowest BCUT2D eigenvalue weighted by Gasteiger charge is -2.00. The zero-order valence-electron chi connectivity index (χ0n) is 11.5. The van der Waals surface area contributed by atoms with E-state index in [1.54, 1.807) is 19.2 Å². The number of fused-ring (bicyclic) bond motifs is 1. The second kappa shape index (κ2) is 6.20. The molecule has 7 heteroatoms. The molecule has 4 nitrogen and oxygen atoms in total. The number of rotatable bonds is 3. The van der Waals surface area contributed by atoms with Gasteiger partial charge >= 0.3 is 5.97 Å². The van der Waals surface area contributed by atoms with Gasteiger partial charge in [0.15, 0.2) is 5.69 Å². The Labute approximate surface area is 140 Å². The van der Waals surface area contributed by atoms with Crippen molar-refractivity contribution >= 4 is 50.6 Å². The molecule has 0 spiro atoms. The first-order chi connectivity index (χ1) is 10.6. The summed E-state index contributed by atoms with van der Waals surface area (Å²) in [7, 11) is 0. The largest absolute Gasteiger partial charge is 0.461 e. The van der Waals surface area contributed by atoms with Crippen LogP contribution >= 0.6 is 34.5 Å². The molecule has 112 valence electrons. The third kappa shape index (κ3) is 2.92. The summed E-state index contributed by atoms with van der Waals surface area (Å²) < 4.78 is 5.75. The second-order valence-corrected chi connectivity index (χ2v) is 6.39. The predicted octanol–water partition coefficient (Wildman–Crippen LogP) is 4.84. The van der Waals surface area contributed by atoms with Crippen LogP contribution in [0, 0.1) is 0 Å². The Hall–Kier alpha value is -1.69. The minimum absolute atomic E-state index is 0.226. The van der Waals surface area contributed by atoms with Crippen LogP contribution in [0.15, 0.2) is 30.5 Å². The topological polar surface area (TPSA) is 52.1 Å². The summed E-state index contributed by atoms with van der Waals surface area (Å²) in [6, 6.07) is 7.25. The number of nitrogens with zero attached hydrogens (tertiary/aromatic N) is 2. The zero-order chi connectivity index (χ0) is 15.7. The number of hydrogen-bond donors (Lipinski definition) is 0. The van der Waals surface area contributed by atoms with Gasteiger partial charge in [-0.2, -0.15) is 5.10 Å². The number of thiophene rings is 1. The van der Waals surface area contributed by atoms with Crippen molar-refractivity contribution in [2.75, 3.05) is 6.61 Å². The van der Waals surface area contributed by atoms with Crippen LogP contribution in [0.25, 0.3) is 20.5 Å². The van der Waals surface area contributed by atoms with Crippen molar-refractivity contribution in [1.82, 2.24) is 10.2 Å². The molecule has 0 aliphatic carbocycles. The van der Waals surface area contributed by atoms with Crippen molar-refractivity contribution in [3.8, 4) is 10.4 Å². The summed E-state index contributed by atoms with van der Waals surface area (Å²) in [5.41, 5.74) is 1.11. The third-order valence-electron chi connectivity index (χ3n) is 2.95. The number of carbonyl (C=O) groups excluding carboxylic acids is 1. The van der Waals surface area contributed by atoms with Crippen LogP contribution in [0.1, 0.15) is 17.4 Å². The Kier molecular flexibility index (Phi) is 4.29. The molecule has 3 rings (SSSR count). The monoisotopic (exact) mass is 352 g/mol. The number of ether oxygens (including phenoxy) is 1. The Morgan fingerprint density at radius 2 is 1.95 bits per heavy atom. The van der Waals surface area contributed by atoms with E-state index in [0.717, 1.165) is 20.5 Å². The molecule has 0 saturated heterocycles. The summed E-state index contributed by atoms with van der Waals surface area (Å²) in [6.07, 6.45) is 1.62. The summed E-state index contributed by atoms with van der Waals surface area (Å²) in [6.45, 7) is 2.04. The van der Waals surface area contributed by atoms with Gasteiger partial charge in [-0.15, -0.1) is 16.4 Å². The number of hydrogen-bond acceptors (Lipinski definition) is 5. The lowest BCUT2D eigenvalue weighted by Crippen LogP contribution is -2.07. The average molecular weight is 353 g/mol. The van der Waals surface area contributed by atoms with Crippen molar-refractivity contribution in [3.63, 3.8) is 0 Å². The summed E-state index contributed by atoms with van der Waals surface area (Å²) in [5, 5.41) is 9.71. The maximum Gasteiger partial charge on any atom is 0.360 e. The summed E-state index contributed by atoms with van der Waals surface area (Å²) >= 11 is 13.5. The normalized spacial score (nSPS) is 10.9. The standard InChI is InChI=1S/C15H10Cl2N2O2S/c1-2-21-15(20)13-14-9(7-18-19-13)5-12(22-14)8-3-10(16)6-11(17)4-8/h3-7H,2H2,1H3. The molecule has 0 radical (unpaired) electrons. The van der Waals surface area contributed by atoms with Gasteiger partial charge in [-0.1, -0.05) is 23.2 Å². The average Bonchev–Trinajstić information content (AvgIpc) is 2.90. The van der Waals surface area contributed by atoms with Gasteiger partial charge in [-0.05, 0) is 36.8 Å². The van der Waals surface area contributed by atoms with Crippen LogP contribution in [0.5, 0.6) is 0 Å². The van der Waals surface area contributed by atoms with E-state index in [-0.39, 0.29) is 5.69 Å². The molecule has 0 N–H and O–H groups in total. The van der Waals surface area contributed by atoms with Crippen molar-refractivity contribution in [1.29, 1.82) is 0 Å². The number of halogens is 2. The smallest absolute Gasteiger partial charge is 0.360 e. The van der Waals surface area contributed by atoms with E-state index < -0.39 is 5.97 Å². The molecular weight excluding hydrogens is 343 g/mol. The van der Waals surface area contributed by atoms with Crippen LogP contribution in [-0.4, -0.2) is 22.8 Å². The van der Waals surface area contributed by atoms with E-state index in [1.165, 1.54) is 11.3 Å². The minimum Gasteiger partial charge on any atom is -0.461 e. The maximum atomic E-state index is 12.0. The fourth-order valence-corrected chi connectivity index (χ4v) is 3.67. The number of carbonyl (C=O) groups is 1. The van der Waals surface area contributed by atoms with E-state index in [2.05, 4.69) is 10.2 Å². The van der Waals surface area contributed by atoms with Crippen molar-refractivity contribution in [3.05, 3.63) is 46.2 Å². The summed E-state index contributed by atoms with van der Waals surface area (Å²) in [4.78, 5) is 12.9. The van der Waals surface area contributed by atoms with Gasteiger partial charge in [0.2, 0.25) is 0 Å². The first kappa shape index (κ1) is 15.2. The predicted molar refractivity (Wildman–Crippen MR) is 88.8 cm³/mol. The molecule has 2 aromatic heterocycles. The van der Waals surface area contributed by atoms with E-state index >= 15 is 0 Å². The van der Waals surface area contributed by atoms with Crippen LogP contribution in [0.4, 0.5) is 0 Å². The van der Waals surface area contributed by atoms with E-state index in [4.69, 9.17) is 27.9 Å². The fourth-order valence-electron chi connectivity index (χ4n) is 2.05. The molecule has 0 fully saturated rings. The van der Waals surface area contributed by atoms with Crippen molar-refractivity contribution < 1.29 is 9.53 Å². The van der Waals surface area contributed by atoms with E-state index in [0.29, 0.717) is 16.7 Å². The van der Waals surface area contributed by atoms with Gasteiger partial charge in [0.1, 0.15) is 0 Å². The molecule has 0 atom stereocenters. The van der Waals surface area contributed by atoms with E-state index in [9.17, 15) is 4.79 Å². The Balaban J connectivity index is 2.13. The van der Waals surface area contributed by atoms with Gasteiger partial charge in [0.25, 0.3) is 0 Å². The molecule has 2 heterocycles. The van der Waals surface area contributed by atoms with Crippen LogP contribution in [0.2, 0.25) is 10.0 Å². The molecule has 0 unspecified atom stereocenters. The van der Waals surface area contributed by atoms with Gasteiger partial charge in [0.05, 0.1) is 17.5 Å². The highest BCUT2D eigenvalue weighted by atomic mass is 35.5. The minimum atomic E-state index is -0.474. The molecule has 0 amide bonds. The number of aromatic nitrogens is 2. The Morgan fingerprint density at radius 1 is 1.23 bits per heavy atom. The van der Waals surface area contributed by atoms with Crippen LogP contribution in [-0.2, 0) is 4.74 Å². The molecule has 0 aliphatic heterocycles. The van der Waals surface area contributed by atoms with Gasteiger partial charge < -0.3 is 4.74 Å². The van der Waals surface area contributed by atoms with Crippen molar-refractivity contribution in [2.24, 2.45) is 0 Å². The number of benzene rings is 1. The zero-order valence-corrected chi connectivity index (χ0v) is 13.8. The highest BCUT2D eigenvalue weighted by Gasteiger charge is 2.17. The van der Waals surface area contributed by atoms with E-state index in [1.807, 2.05) is 18.2 Å². The molecule has 0 saturated carbocycles. The van der Waals surface area contributed by atoms with Gasteiger partial charge in [-0.25, -0.2) is 4.79 Å². The first-order valence-corrected chi connectivity index (χ1v) is 8.04. The van der Waals surface area contributed by atoms with Crippen molar-refractivity contribution in [2.45, 2.75) is 6.92 Å². The maximum absolute atomic E-state index is 12.0. The molecule has 3 aromatic rings. The highest BCUT2D eigenvalue weighted by molar-refractivity contribution is 7.22. The van der Waals surface area contributed by atoms with Crippen LogP contribution < -0.4 is 0 Å². The summed E-state index contributed by atoms with van der Waals surface area (Å²) in [5.74, 6) is -0.474. The highest BCUT2D eigenvalue weighted by Crippen LogP contribution is 2.36. The van der Waals surface area contributed by atoms with Gasteiger partial charge in [-0.3, -0.25) is 0 Å². The Morgan fingerprint density at radius 3 is 2.64 bits per heavy atom. The second-order valence-electron chi connectivity index (χ2n) is 4.47. The SMILES string of the molecule is CCOC(=O)c1nncc2cc(-c3cc(Cl)cc(Cl)c3)sc12. The first-order valence-electron chi connectivity index (χ1n) is 6.47. The quantitative estimate of drug-likeness (QED) is 0.632. The Bertz CT molecular complexity index is 844. The lowest BCUT2D eigenvalue weighted by atomic mass is 10.2. The molecule has 0 aliphatic rings. The lowest BCUT2D eigenvalue weighted by molar-refractivity contribution is 0.0521.